The molecule has 4 fully saturated rings. The standard InChI is InChI=1S/C22H32N4O/c1-2-23-22(26-14-18-19(15-26)21-9-8-20(18)27-21)24-12-16-10-11-25(13-16)17-6-4-3-5-7-17/h3-7,16,18-21H,2,8-15H2,1H3,(H,23,24). The van der Waals surface area contributed by atoms with Crippen molar-refractivity contribution in [2.45, 2.75) is 38.4 Å². The molecule has 0 saturated carbocycles. The molecule has 4 aliphatic rings. The molecule has 1 aromatic carbocycles. The van der Waals surface area contributed by atoms with Gasteiger partial charge in [0, 0.05) is 56.8 Å². The van der Waals surface area contributed by atoms with Crippen molar-refractivity contribution in [3.63, 3.8) is 0 Å². The number of para-hydroxylation sites is 1. The van der Waals surface area contributed by atoms with Crippen LogP contribution in [-0.2, 0) is 4.74 Å². The van der Waals surface area contributed by atoms with Crippen LogP contribution in [0.3, 0.4) is 0 Å². The van der Waals surface area contributed by atoms with E-state index in [1.165, 1.54) is 24.9 Å². The van der Waals surface area contributed by atoms with Crippen LogP contribution in [0.25, 0.3) is 0 Å². The normalized spacial score (nSPS) is 35.1. The van der Waals surface area contributed by atoms with Crippen molar-refractivity contribution in [3.05, 3.63) is 30.3 Å². The van der Waals surface area contributed by atoms with Crippen LogP contribution in [0.4, 0.5) is 5.69 Å². The Morgan fingerprint density at radius 3 is 2.52 bits per heavy atom. The molecule has 1 aromatic rings. The lowest BCUT2D eigenvalue weighted by Gasteiger charge is -2.24. The second-order valence-electron chi connectivity index (χ2n) is 8.65. The summed E-state index contributed by atoms with van der Waals surface area (Å²) in [5, 5.41) is 3.55. The summed E-state index contributed by atoms with van der Waals surface area (Å²) in [6.07, 6.45) is 4.81. The van der Waals surface area contributed by atoms with Crippen molar-refractivity contribution >= 4 is 11.6 Å². The van der Waals surface area contributed by atoms with Gasteiger partial charge in [-0.25, -0.2) is 0 Å². The largest absolute Gasteiger partial charge is 0.374 e. The molecule has 5 nitrogen and oxygen atoms in total. The predicted octanol–water partition coefficient (Wildman–Crippen LogP) is 2.59. The molecular weight excluding hydrogens is 336 g/mol. The van der Waals surface area contributed by atoms with E-state index >= 15 is 0 Å². The zero-order valence-corrected chi connectivity index (χ0v) is 16.4. The number of anilines is 1. The molecule has 5 rings (SSSR count). The lowest BCUT2D eigenvalue weighted by molar-refractivity contribution is 0.0767. The summed E-state index contributed by atoms with van der Waals surface area (Å²) >= 11 is 0. The van der Waals surface area contributed by atoms with Crippen LogP contribution in [0.15, 0.2) is 35.3 Å². The molecule has 0 aromatic heterocycles. The van der Waals surface area contributed by atoms with Crippen molar-refractivity contribution in [2.75, 3.05) is 44.2 Å². The fourth-order valence-electron chi connectivity index (χ4n) is 5.63. The Morgan fingerprint density at radius 1 is 1.07 bits per heavy atom. The maximum Gasteiger partial charge on any atom is 0.193 e. The van der Waals surface area contributed by atoms with Gasteiger partial charge in [0.15, 0.2) is 5.96 Å². The van der Waals surface area contributed by atoms with Crippen molar-refractivity contribution in [2.24, 2.45) is 22.7 Å². The van der Waals surface area contributed by atoms with E-state index in [0.717, 1.165) is 57.1 Å². The zero-order chi connectivity index (χ0) is 18.2. The van der Waals surface area contributed by atoms with Crippen LogP contribution < -0.4 is 10.2 Å². The summed E-state index contributed by atoms with van der Waals surface area (Å²) in [5.41, 5.74) is 1.35. The second kappa shape index (κ2) is 7.34. The average Bonchev–Trinajstić information content (AvgIpc) is 3.48. The van der Waals surface area contributed by atoms with Gasteiger partial charge in [-0.2, -0.15) is 0 Å². The lowest BCUT2D eigenvalue weighted by Crippen LogP contribution is -2.41. The molecule has 27 heavy (non-hydrogen) atoms. The quantitative estimate of drug-likeness (QED) is 0.655. The maximum absolute atomic E-state index is 6.13. The number of guanidine groups is 1. The molecule has 2 bridgehead atoms. The third-order valence-corrected chi connectivity index (χ3v) is 6.99. The minimum absolute atomic E-state index is 0.516. The average molecular weight is 369 g/mol. The van der Waals surface area contributed by atoms with Crippen molar-refractivity contribution in [3.8, 4) is 0 Å². The SMILES string of the molecule is CCNC(=NCC1CCN(c2ccccc2)C1)N1CC2C3CCC(O3)C2C1. The number of hydrogen-bond acceptors (Lipinski definition) is 3. The number of fused-ring (bicyclic) bond motifs is 5. The summed E-state index contributed by atoms with van der Waals surface area (Å²) < 4.78 is 6.13. The molecule has 5 unspecified atom stereocenters. The molecule has 5 heteroatoms. The molecule has 1 N–H and O–H groups in total. The second-order valence-corrected chi connectivity index (χ2v) is 8.65. The summed E-state index contributed by atoms with van der Waals surface area (Å²) in [7, 11) is 0. The van der Waals surface area contributed by atoms with E-state index in [1.54, 1.807) is 0 Å². The van der Waals surface area contributed by atoms with Crippen LogP contribution in [0.1, 0.15) is 26.2 Å². The number of aliphatic imine (C=N–C) groups is 1. The Kier molecular flexibility index (Phi) is 4.72. The molecule has 4 heterocycles. The molecule has 5 atom stereocenters. The van der Waals surface area contributed by atoms with Gasteiger partial charge in [-0.05, 0) is 44.2 Å². The summed E-state index contributed by atoms with van der Waals surface area (Å²) in [4.78, 5) is 10.1. The molecular formula is C22H32N4O. The Bertz CT molecular complexity index is 660. The van der Waals surface area contributed by atoms with Crippen LogP contribution in [-0.4, -0.2) is 62.3 Å². The summed E-state index contributed by atoms with van der Waals surface area (Å²) in [6, 6.07) is 10.8. The lowest BCUT2D eigenvalue weighted by atomic mass is 9.82. The molecule has 146 valence electrons. The molecule has 0 amide bonds. The van der Waals surface area contributed by atoms with Gasteiger partial charge in [0.2, 0.25) is 0 Å². The van der Waals surface area contributed by atoms with Crippen molar-refractivity contribution < 1.29 is 4.74 Å². The van der Waals surface area contributed by atoms with Crippen LogP contribution in [0.2, 0.25) is 0 Å². The first-order chi connectivity index (χ1) is 13.3. The maximum atomic E-state index is 6.13. The number of nitrogens with one attached hydrogen (secondary N) is 1. The topological polar surface area (TPSA) is 40.1 Å². The third-order valence-electron chi connectivity index (χ3n) is 6.99. The van der Waals surface area contributed by atoms with Gasteiger partial charge in [0.05, 0.1) is 12.2 Å². The summed E-state index contributed by atoms with van der Waals surface area (Å²) in [5.74, 6) is 3.24. The van der Waals surface area contributed by atoms with E-state index in [0.29, 0.717) is 18.1 Å². The predicted molar refractivity (Wildman–Crippen MR) is 109 cm³/mol. The molecule has 0 aliphatic carbocycles. The van der Waals surface area contributed by atoms with Gasteiger partial charge in [-0.15, -0.1) is 0 Å². The Morgan fingerprint density at radius 2 is 1.81 bits per heavy atom. The van der Waals surface area contributed by atoms with Crippen LogP contribution in [0.5, 0.6) is 0 Å². The molecule has 4 saturated heterocycles. The highest BCUT2D eigenvalue weighted by molar-refractivity contribution is 5.80. The van der Waals surface area contributed by atoms with E-state index in [2.05, 4.69) is 52.4 Å². The third kappa shape index (κ3) is 3.31. The Labute approximate surface area is 162 Å². The number of nitrogens with zero attached hydrogens (tertiary/aromatic N) is 3. The van der Waals surface area contributed by atoms with Crippen LogP contribution >= 0.6 is 0 Å². The highest BCUT2D eigenvalue weighted by Crippen LogP contribution is 2.47. The fraction of sp³-hybridized carbons (Fsp3) is 0.682. The summed E-state index contributed by atoms with van der Waals surface area (Å²) in [6.45, 7) is 8.56. The van der Waals surface area contributed by atoms with E-state index in [4.69, 9.17) is 9.73 Å². The van der Waals surface area contributed by atoms with Gasteiger partial charge in [-0.3, -0.25) is 4.99 Å². The number of hydrogen-bond donors (Lipinski definition) is 1. The first-order valence-electron chi connectivity index (χ1n) is 10.8. The zero-order valence-electron chi connectivity index (χ0n) is 16.4. The number of benzene rings is 1. The van der Waals surface area contributed by atoms with E-state index in [-0.39, 0.29) is 0 Å². The molecule has 0 radical (unpaired) electrons. The first-order valence-corrected chi connectivity index (χ1v) is 10.8. The van der Waals surface area contributed by atoms with Gasteiger partial charge < -0.3 is 19.9 Å². The number of ether oxygens (including phenoxy) is 1. The van der Waals surface area contributed by atoms with E-state index < -0.39 is 0 Å². The highest BCUT2D eigenvalue weighted by Gasteiger charge is 2.53. The van der Waals surface area contributed by atoms with Crippen molar-refractivity contribution in [1.82, 2.24) is 10.2 Å². The van der Waals surface area contributed by atoms with Crippen LogP contribution in [0, 0.1) is 17.8 Å². The van der Waals surface area contributed by atoms with E-state index in [9.17, 15) is 0 Å². The minimum Gasteiger partial charge on any atom is -0.374 e. The van der Waals surface area contributed by atoms with E-state index in [1.807, 2.05) is 0 Å². The number of rotatable bonds is 4. The smallest absolute Gasteiger partial charge is 0.193 e. The van der Waals surface area contributed by atoms with Crippen molar-refractivity contribution in [1.29, 1.82) is 0 Å². The van der Waals surface area contributed by atoms with Gasteiger partial charge in [-0.1, -0.05) is 18.2 Å². The fourth-order valence-corrected chi connectivity index (χ4v) is 5.63. The molecule has 4 aliphatic heterocycles. The monoisotopic (exact) mass is 368 g/mol. The highest BCUT2D eigenvalue weighted by atomic mass is 16.5. The first kappa shape index (κ1) is 17.4. The molecule has 0 spiro atoms. The van der Waals surface area contributed by atoms with Gasteiger partial charge >= 0.3 is 0 Å². The van der Waals surface area contributed by atoms with Gasteiger partial charge in [0.1, 0.15) is 0 Å². The minimum atomic E-state index is 0.516. The number of likely N-dealkylation sites (tertiary alicyclic amines) is 1. The Hall–Kier alpha value is -1.75. The Balaban J connectivity index is 1.21. The van der Waals surface area contributed by atoms with Gasteiger partial charge in [0.25, 0.3) is 0 Å².